The molecule has 0 unspecified atom stereocenters. The molecular weight excluding hydrogens is 359 g/mol. The van der Waals surface area contributed by atoms with Crippen molar-refractivity contribution >= 4 is 34.8 Å². The first-order valence-electron chi connectivity index (χ1n) is 9.03. The van der Waals surface area contributed by atoms with Gasteiger partial charge < -0.3 is 14.0 Å². The summed E-state index contributed by atoms with van der Waals surface area (Å²) in [5, 5.41) is 2.00. The van der Waals surface area contributed by atoms with E-state index in [1.807, 2.05) is 60.7 Å². The van der Waals surface area contributed by atoms with Gasteiger partial charge in [0.1, 0.15) is 0 Å². The molecule has 0 saturated heterocycles. The molecule has 0 radical (unpaired) electrons. The summed E-state index contributed by atoms with van der Waals surface area (Å²) in [6.45, 7) is 4.17. The van der Waals surface area contributed by atoms with Gasteiger partial charge in [-0.25, -0.2) is 4.98 Å². The van der Waals surface area contributed by atoms with Gasteiger partial charge in [0.05, 0.1) is 24.4 Å². The third-order valence-electron chi connectivity index (χ3n) is 4.41. The number of aromatic amines is 1. The van der Waals surface area contributed by atoms with E-state index in [4.69, 9.17) is 14.0 Å². The number of pyridine rings is 1. The van der Waals surface area contributed by atoms with Gasteiger partial charge in [0.15, 0.2) is 5.44 Å². The SMILES string of the molecule is CCOP(=O)(OCC)c1cc2c([nH]c3ccccc32)c(-c2ccccc2)n1. The van der Waals surface area contributed by atoms with Crippen LogP contribution in [0.3, 0.4) is 0 Å². The fourth-order valence-electron chi connectivity index (χ4n) is 3.29. The van der Waals surface area contributed by atoms with Gasteiger partial charge in [-0.1, -0.05) is 48.5 Å². The Labute approximate surface area is 157 Å². The summed E-state index contributed by atoms with van der Waals surface area (Å²) in [5.41, 5.74) is 3.92. The lowest BCUT2D eigenvalue weighted by atomic mass is 10.1. The van der Waals surface area contributed by atoms with E-state index in [1.54, 1.807) is 13.8 Å². The van der Waals surface area contributed by atoms with E-state index in [2.05, 4.69) is 4.98 Å². The lowest BCUT2D eigenvalue weighted by molar-refractivity contribution is 0.229. The lowest BCUT2D eigenvalue weighted by Gasteiger charge is -2.17. The Morgan fingerprint density at radius 3 is 2.30 bits per heavy atom. The molecule has 0 aliphatic carbocycles. The van der Waals surface area contributed by atoms with Gasteiger partial charge in [0.25, 0.3) is 0 Å². The largest absolute Gasteiger partial charge is 0.379 e. The van der Waals surface area contributed by atoms with Gasteiger partial charge in [0.2, 0.25) is 0 Å². The number of nitrogens with one attached hydrogen (secondary N) is 1. The minimum Gasteiger partial charge on any atom is -0.353 e. The van der Waals surface area contributed by atoms with E-state index in [1.165, 1.54) is 0 Å². The summed E-state index contributed by atoms with van der Waals surface area (Å²) in [7, 11) is -3.50. The zero-order valence-corrected chi connectivity index (χ0v) is 16.2. The molecule has 2 aromatic heterocycles. The first-order valence-corrected chi connectivity index (χ1v) is 10.6. The third-order valence-corrected chi connectivity index (χ3v) is 6.40. The number of para-hydroxylation sites is 1. The van der Waals surface area contributed by atoms with E-state index in [9.17, 15) is 4.57 Å². The molecular formula is C21H21N2O3P. The Bertz CT molecular complexity index is 1130. The van der Waals surface area contributed by atoms with Crippen molar-refractivity contribution in [1.29, 1.82) is 0 Å². The minimum absolute atomic E-state index is 0.283. The monoisotopic (exact) mass is 380 g/mol. The summed E-state index contributed by atoms with van der Waals surface area (Å²) in [6, 6.07) is 19.7. The molecule has 4 rings (SSSR count). The maximum atomic E-state index is 13.4. The van der Waals surface area contributed by atoms with Crippen molar-refractivity contribution < 1.29 is 13.6 Å². The lowest BCUT2D eigenvalue weighted by Crippen LogP contribution is -2.15. The van der Waals surface area contributed by atoms with Gasteiger partial charge in [-0.05, 0) is 26.0 Å². The molecule has 0 aliphatic rings. The molecule has 27 heavy (non-hydrogen) atoms. The molecule has 6 heteroatoms. The maximum Gasteiger partial charge on any atom is 0.379 e. The van der Waals surface area contributed by atoms with Crippen molar-refractivity contribution in [2.75, 3.05) is 13.2 Å². The molecule has 0 fully saturated rings. The number of fused-ring (bicyclic) bond motifs is 3. The van der Waals surface area contributed by atoms with Crippen LogP contribution in [-0.2, 0) is 13.6 Å². The van der Waals surface area contributed by atoms with Crippen molar-refractivity contribution in [3.8, 4) is 11.3 Å². The fourth-order valence-corrected chi connectivity index (χ4v) is 4.82. The second-order valence-corrected chi connectivity index (χ2v) is 8.09. The number of rotatable bonds is 6. The average Bonchev–Trinajstić information content (AvgIpc) is 3.07. The average molecular weight is 380 g/mol. The van der Waals surface area contributed by atoms with Crippen LogP contribution in [0.5, 0.6) is 0 Å². The Morgan fingerprint density at radius 1 is 0.926 bits per heavy atom. The predicted octanol–water partition coefficient (Wildman–Crippen LogP) is 5.27. The van der Waals surface area contributed by atoms with Crippen molar-refractivity contribution in [2.45, 2.75) is 13.8 Å². The zero-order valence-electron chi connectivity index (χ0n) is 15.3. The van der Waals surface area contributed by atoms with Gasteiger partial charge >= 0.3 is 7.60 Å². The normalized spacial score (nSPS) is 12.1. The molecule has 5 nitrogen and oxygen atoms in total. The van der Waals surface area contributed by atoms with Crippen molar-refractivity contribution in [3.05, 3.63) is 60.7 Å². The highest BCUT2D eigenvalue weighted by Gasteiger charge is 2.30. The molecule has 0 saturated carbocycles. The molecule has 0 aliphatic heterocycles. The van der Waals surface area contributed by atoms with Gasteiger partial charge in [-0.15, -0.1) is 0 Å². The number of hydrogen-bond donors (Lipinski definition) is 1. The molecule has 1 N–H and O–H groups in total. The maximum absolute atomic E-state index is 13.4. The van der Waals surface area contributed by atoms with Crippen LogP contribution in [0.4, 0.5) is 0 Å². The molecule has 2 heterocycles. The Hall–Kier alpha value is -2.46. The first kappa shape index (κ1) is 17.9. The summed E-state index contributed by atoms with van der Waals surface area (Å²) < 4.78 is 24.5. The molecule has 138 valence electrons. The van der Waals surface area contributed by atoms with Crippen LogP contribution in [0, 0.1) is 0 Å². The van der Waals surface area contributed by atoms with Crippen LogP contribution in [0.15, 0.2) is 60.7 Å². The van der Waals surface area contributed by atoms with E-state index < -0.39 is 7.60 Å². The molecule has 0 spiro atoms. The van der Waals surface area contributed by atoms with Crippen LogP contribution in [0.25, 0.3) is 33.1 Å². The molecule has 0 amide bonds. The van der Waals surface area contributed by atoms with E-state index in [0.717, 1.165) is 33.1 Å². The third kappa shape index (κ3) is 3.19. The summed E-state index contributed by atoms with van der Waals surface area (Å²) >= 11 is 0. The number of hydrogen-bond acceptors (Lipinski definition) is 4. The van der Waals surface area contributed by atoms with Crippen molar-refractivity contribution in [2.24, 2.45) is 0 Å². The smallest absolute Gasteiger partial charge is 0.353 e. The Kier molecular flexibility index (Phi) is 4.83. The zero-order chi connectivity index (χ0) is 18.9. The highest BCUT2D eigenvalue weighted by molar-refractivity contribution is 7.62. The number of H-pyrrole nitrogens is 1. The van der Waals surface area contributed by atoms with Crippen molar-refractivity contribution in [1.82, 2.24) is 9.97 Å². The van der Waals surface area contributed by atoms with E-state index >= 15 is 0 Å². The van der Waals surface area contributed by atoms with Gasteiger partial charge in [-0.3, -0.25) is 4.57 Å². The van der Waals surface area contributed by atoms with Gasteiger partial charge in [-0.2, -0.15) is 0 Å². The standard InChI is InChI=1S/C21H21N2O3P/c1-3-25-27(24,26-4-2)19-14-17-16-12-8-9-13-18(16)22-21(17)20(23-19)15-10-6-5-7-11-15/h5-14,22H,3-4H2,1-2H3. The fraction of sp³-hybridized carbons (Fsp3) is 0.190. The van der Waals surface area contributed by atoms with Crippen LogP contribution >= 0.6 is 7.60 Å². The van der Waals surface area contributed by atoms with Crippen LogP contribution in [0.1, 0.15) is 13.8 Å². The molecule has 4 aromatic rings. The Morgan fingerprint density at radius 2 is 1.59 bits per heavy atom. The second kappa shape index (κ2) is 7.28. The number of aromatic nitrogens is 2. The Balaban J connectivity index is 2.06. The topological polar surface area (TPSA) is 64.2 Å². The van der Waals surface area contributed by atoms with Crippen LogP contribution in [-0.4, -0.2) is 23.2 Å². The summed E-state index contributed by atoms with van der Waals surface area (Å²) in [4.78, 5) is 8.19. The molecule has 0 atom stereocenters. The number of benzene rings is 2. The highest BCUT2D eigenvalue weighted by atomic mass is 31.2. The summed E-state index contributed by atoms with van der Waals surface area (Å²) in [5.74, 6) is 0. The predicted molar refractivity (Wildman–Crippen MR) is 110 cm³/mol. The second-order valence-electron chi connectivity index (χ2n) is 6.12. The molecule has 0 bridgehead atoms. The summed E-state index contributed by atoms with van der Waals surface area (Å²) in [6.07, 6.45) is 0. The van der Waals surface area contributed by atoms with Gasteiger partial charge in [0, 0.05) is 21.9 Å². The van der Waals surface area contributed by atoms with Crippen LogP contribution < -0.4 is 5.44 Å². The highest BCUT2D eigenvalue weighted by Crippen LogP contribution is 2.47. The van der Waals surface area contributed by atoms with E-state index in [-0.39, 0.29) is 13.2 Å². The van der Waals surface area contributed by atoms with E-state index in [0.29, 0.717) is 5.44 Å². The molecule has 2 aromatic carbocycles. The van der Waals surface area contributed by atoms with Crippen LogP contribution in [0.2, 0.25) is 0 Å². The quantitative estimate of drug-likeness (QED) is 0.463. The minimum atomic E-state index is -3.50. The van der Waals surface area contributed by atoms with Crippen molar-refractivity contribution in [3.63, 3.8) is 0 Å². The first-order chi connectivity index (χ1) is 13.2. The number of nitrogens with zero attached hydrogens (tertiary/aromatic N) is 1.